The Labute approximate surface area is 164 Å². The third-order valence-corrected chi connectivity index (χ3v) is 3.67. The van der Waals surface area contributed by atoms with Crippen LogP contribution >= 0.6 is 0 Å². The predicted octanol–water partition coefficient (Wildman–Crippen LogP) is 4.15. The smallest absolute Gasteiger partial charge is 0.407 e. The lowest BCUT2D eigenvalue weighted by Gasteiger charge is -2.19. The van der Waals surface area contributed by atoms with E-state index in [0.717, 1.165) is 31.5 Å². The fourth-order valence-corrected chi connectivity index (χ4v) is 2.45. The van der Waals surface area contributed by atoms with Crippen molar-refractivity contribution in [2.24, 2.45) is 0 Å². The number of hydrogen-bond donors (Lipinski definition) is 2. The Kier molecular flexibility index (Phi) is 11.0. The van der Waals surface area contributed by atoms with Gasteiger partial charge in [0.2, 0.25) is 0 Å². The van der Waals surface area contributed by atoms with Crippen LogP contribution in [0.25, 0.3) is 0 Å². The second-order valence-corrected chi connectivity index (χ2v) is 7.30. The van der Waals surface area contributed by atoms with Crippen molar-refractivity contribution in [3.8, 4) is 0 Å². The number of amides is 1. The van der Waals surface area contributed by atoms with E-state index in [0.29, 0.717) is 19.8 Å². The van der Waals surface area contributed by atoms with Gasteiger partial charge in [-0.1, -0.05) is 24.3 Å². The number of ether oxygens (including phenoxy) is 3. The SMILES string of the molecule is CCOC(OCC)c1ccc(CNCCCCNC(=O)OC(C)(C)C)cc1. The lowest BCUT2D eigenvalue weighted by molar-refractivity contribution is -0.140. The summed E-state index contributed by atoms with van der Waals surface area (Å²) in [6, 6.07) is 8.30. The normalized spacial score (nSPS) is 11.6. The standard InChI is InChI=1S/C21H36N2O4/c1-6-25-19(26-7-2)18-12-10-17(11-13-18)16-22-14-8-9-15-23-20(24)27-21(3,4)5/h10-13,19,22H,6-9,14-16H2,1-5H3,(H,23,24). The molecule has 0 saturated carbocycles. The van der Waals surface area contributed by atoms with Crippen molar-refractivity contribution in [3.05, 3.63) is 35.4 Å². The molecule has 0 fully saturated rings. The lowest BCUT2D eigenvalue weighted by Crippen LogP contribution is -2.33. The second kappa shape index (κ2) is 12.7. The van der Waals surface area contributed by atoms with E-state index < -0.39 is 5.60 Å². The Morgan fingerprint density at radius 1 is 1.00 bits per heavy atom. The van der Waals surface area contributed by atoms with Crippen LogP contribution in [0.4, 0.5) is 4.79 Å². The molecular weight excluding hydrogens is 344 g/mol. The van der Waals surface area contributed by atoms with Crippen LogP contribution in [0.3, 0.4) is 0 Å². The Hall–Kier alpha value is -1.63. The average molecular weight is 381 g/mol. The Balaban J connectivity index is 2.19. The molecule has 1 aromatic rings. The van der Waals surface area contributed by atoms with Gasteiger partial charge in [0, 0.05) is 31.9 Å². The third-order valence-electron chi connectivity index (χ3n) is 3.67. The Morgan fingerprint density at radius 3 is 2.15 bits per heavy atom. The molecule has 0 bridgehead atoms. The molecule has 1 amide bonds. The summed E-state index contributed by atoms with van der Waals surface area (Å²) in [7, 11) is 0. The van der Waals surface area contributed by atoms with Crippen LogP contribution < -0.4 is 10.6 Å². The molecule has 6 nitrogen and oxygen atoms in total. The van der Waals surface area contributed by atoms with Crippen LogP contribution in [0, 0.1) is 0 Å². The number of carbonyl (C=O) groups is 1. The third kappa shape index (κ3) is 11.0. The highest BCUT2D eigenvalue weighted by Crippen LogP contribution is 2.19. The highest BCUT2D eigenvalue weighted by atomic mass is 16.7. The van der Waals surface area contributed by atoms with Crippen molar-refractivity contribution in [2.75, 3.05) is 26.3 Å². The van der Waals surface area contributed by atoms with Gasteiger partial charge in [-0.05, 0) is 59.6 Å². The van der Waals surface area contributed by atoms with Crippen molar-refractivity contribution >= 4 is 6.09 Å². The molecule has 0 unspecified atom stereocenters. The van der Waals surface area contributed by atoms with Gasteiger partial charge in [0.15, 0.2) is 6.29 Å². The molecule has 0 aliphatic carbocycles. The van der Waals surface area contributed by atoms with Gasteiger partial charge in [0.1, 0.15) is 5.60 Å². The lowest BCUT2D eigenvalue weighted by atomic mass is 10.1. The molecular formula is C21H36N2O4. The monoisotopic (exact) mass is 380 g/mol. The molecule has 1 aromatic carbocycles. The zero-order valence-corrected chi connectivity index (χ0v) is 17.5. The summed E-state index contributed by atoms with van der Waals surface area (Å²) < 4.78 is 16.4. The first-order valence-corrected chi connectivity index (χ1v) is 9.85. The molecule has 0 saturated heterocycles. The number of rotatable bonds is 12. The molecule has 0 atom stereocenters. The van der Waals surface area contributed by atoms with Crippen LogP contribution in [0.5, 0.6) is 0 Å². The number of hydrogen-bond acceptors (Lipinski definition) is 5. The van der Waals surface area contributed by atoms with Crippen molar-refractivity contribution in [1.29, 1.82) is 0 Å². The maximum Gasteiger partial charge on any atom is 0.407 e. The van der Waals surface area contributed by atoms with Crippen molar-refractivity contribution in [2.45, 2.75) is 65.9 Å². The van der Waals surface area contributed by atoms with E-state index in [4.69, 9.17) is 14.2 Å². The molecule has 6 heteroatoms. The van der Waals surface area contributed by atoms with Gasteiger partial charge in [-0.25, -0.2) is 4.79 Å². The molecule has 27 heavy (non-hydrogen) atoms. The molecule has 2 N–H and O–H groups in total. The molecule has 0 aromatic heterocycles. The van der Waals surface area contributed by atoms with Crippen LogP contribution in [-0.2, 0) is 20.8 Å². The van der Waals surface area contributed by atoms with Crippen LogP contribution in [0.1, 0.15) is 64.9 Å². The van der Waals surface area contributed by atoms with Crippen molar-refractivity contribution in [1.82, 2.24) is 10.6 Å². The molecule has 0 aliphatic rings. The predicted molar refractivity (Wildman–Crippen MR) is 108 cm³/mol. The maximum atomic E-state index is 11.5. The number of alkyl carbamates (subject to hydrolysis) is 1. The summed E-state index contributed by atoms with van der Waals surface area (Å²) >= 11 is 0. The number of carbonyl (C=O) groups excluding carboxylic acids is 1. The van der Waals surface area contributed by atoms with Gasteiger partial charge < -0.3 is 24.8 Å². The number of unbranched alkanes of at least 4 members (excludes halogenated alkanes) is 1. The van der Waals surface area contributed by atoms with Gasteiger partial charge in [-0.2, -0.15) is 0 Å². The van der Waals surface area contributed by atoms with E-state index in [1.807, 2.05) is 34.6 Å². The van der Waals surface area contributed by atoms with E-state index in [1.165, 1.54) is 5.56 Å². The first-order chi connectivity index (χ1) is 12.9. The second-order valence-electron chi connectivity index (χ2n) is 7.30. The van der Waals surface area contributed by atoms with Gasteiger partial charge in [0.25, 0.3) is 0 Å². The molecule has 0 aliphatic heterocycles. The maximum absolute atomic E-state index is 11.5. The van der Waals surface area contributed by atoms with Gasteiger partial charge in [-0.15, -0.1) is 0 Å². The summed E-state index contributed by atoms with van der Waals surface area (Å²) in [5.74, 6) is 0. The summed E-state index contributed by atoms with van der Waals surface area (Å²) in [6.45, 7) is 13.1. The molecule has 0 heterocycles. The highest BCUT2D eigenvalue weighted by Gasteiger charge is 2.15. The van der Waals surface area contributed by atoms with E-state index in [1.54, 1.807) is 0 Å². The highest BCUT2D eigenvalue weighted by molar-refractivity contribution is 5.67. The Bertz CT molecular complexity index is 520. The molecule has 0 spiro atoms. The van der Waals surface area contributed by atoms with E-state index in [9.17, 15) is 4.79 Å². The summed E-state index contributed by atoms with van der Waals surface area (Å²) in [5.41, 5.74) is 1.81. The minimum Gasteiger partial charge on any atom is -0.444 e. The van der Waals surface area contributed by atoms with Gasteiger partial charge >= 0.3 is 6.09 Å². The van der Waals surface area contributed by atoms with Gasteiger partial charge in [-0.3, -0.25) is 0 Å². The summed E-state index contributed by atoms with van der Waals surface area (Å²) in [5, 5.41) is 6.19. The fraction of sp³-hybridized carbons (Fsp3) is 0.667. The molecule has 1 rings (SSSR count). The molecule has 154 valence electrons. The average Bonchev–Trinajstić information content (AvgIpc) is 2.60. The zero-order chi connectivity index (χ0) is 20.1. The Morgan fingerprint density at radius 2 is 1.59 bits per heavy atom. The largest absolute Gasteiger partial charge is 0.444 e. The summed E-state index contributed by atoms with van der Waals surface area (Å²) in [4.78, 5) is 11.5. The van der Waals surface area contributed by atoms with Crippen LogP contribution in [-0.4, -0.2) is 38.0 Å². The number of benzene rings is 1. The van der Waals surface area contributed by atoms with Crippen molar-refractivity contribution in [3.63, 3.8) is 0 Å². The molecule has 0 radical (unpaired) electrons. The quantitative estimate of drug-likeness (QED) is 0.421. The van der Waals surface area contributed by atoms with E-state index in [-0.39, 0.29) is 12.4 Å². The first kappa shape index (κ1) is 23.4. The van der Waals surface area contributed by atoms with Gasteiger partial charge in [0.05, 0.1) is 0 Å². The summed E-state index contributed by atoms with van der Waals surface area (Å²) in [6.07, 6.45) is 1.26. The topological polar surface area (TPSA) is 68.8 Å². The minimum absolute atomic E-state index is 0.292. The van der Waals surface area contributed by atoms with E-state index >= 15 is 0 Å². The van der Waals surface area contributed by atoms with Crippen molar-refractivity contribution < 1.29 is 19.0 Å². The number of nitrogens with one attached hydrogen (secondary N) is 2. The van der Waals surface area contributed by atoms with Crippen LogP contribution in [0.2, 0.25) is 0 Å². The zero-order valence-electron chi connectivity index (χ0n) is 17.5. The minimum atomic E-state index is -0.452. The van der Waals surface area contributed by atoms with E-state index in [2.05, 4.69) is 34.9 Å². The first-order valence-electron chi connectivity index (χ1n) is 9.85. The fourth-order valence-electron chi connectivity index (χ4n) is 2.45. The van der Waals surface area contributed by atoms with Crippen LogP contribution in [0.15, 0.2) is 24.3 Å².